The Morgan fingerprint density at radius 3 is 3.00 bits per heavy atom. The molecule has 21 heavy (non-hydrogen) atoms. The molecule has 0 aliphatic carbocycles. The number of benzene rings is 1. The largest absolute Gasteiger partial charge is 0.491 e. The van der Waals surface area contributed by atoms with Crippen molar-refractivity contribution in [3.05, 3.63) is 46.2 Å². The maximum Gasteiger partial charge on any atom is 0.257 e. The summed E-state index contributed by atoms with van der Waals surface area (Å²) in [5.74, 6) is 0.263. The smallest absolute Gasteiger partial charge is 0.257 e. The van der Waals surface area contributed by atoms with E-state index >= 15 is 0 Å². The Bertz CT molecular complexity index is 682. The number of anilines is 1. The van der Waals surface area contributed by atoms with Crippen LogP contribution < -0.4 is 10.1 Å². The number of carbonyl (C=O) groups is 2. The van der Waals surface area contributed by atoms with Gasteiger partial charge in [-0.3, -0.25) is 9.59 Å². The lowest BCUT2D eigenvalue weighted by Crippen LogP contribution is -2.27. The second-order valence-corrected chi connectivity index (χ2v) is 5.53. The van der Waals surface area contributed by atoms with Crippen LogP contribution in [0, 0.1) is 0 Å². The van der Waals surface area contributed by atoms with Crippen molar-refractivity contribution in [2.24, 2.45) is 0 Å². The van der Waals surface area contributed by atoms with Crippen molar-refractivity contribution in [3.63, 3.8) is 0 Å². The lowest BCUT2D eigenvalue weighted by molar-refractivity contribution is 0.0796. The average molecular weight is 302 g/mol. The Morgan fingerprint density at radius 1 is 1.38 bits per heavy atom. The van der Waals surface area contributed by atoms with Gasteiger partial charge in [-0.2, -0.15) is 11.3 Å². The van der Waals surface area contributed by atoms with Crippen LogP contribution in [0.5, 0.6) is 5.75 Å². The second kappa shape index (κ2) is 5.57. The van der Waals surface area contributed by atoms with E-state index in [1.54, 1.807) is 41.6 Å². The van der Waals surface area contributed by atoms with Gasteiger partial charge in [0.05, 0.1) is 17.7 Å². The fraction of sp³-hybridized carbons (Fsp3) is 0.200. The number of hydrogen-bond acceptors (Lipinski definition) is 4. The number of thiophene rings is 1. The fourth-order valence-electron chi connectivity index (χ4n) is 2.10. The zero-order valence-electron chi connectivity index (χ0n) is 11.5. The molecule has 2 amide bonds. The first-order valence-electron chi connectivity index (χ1n) is 6.51. The highest BCUT2D eigenvalue weighted by molar-refractivity contribution is 7.08. The standard InChI is InChI=1S/C15H14N2O3S/c1-17-5-6-20-13-3-2-11(8-12(13)15(17)19)16-14(18)10-4-7-21-9-10/h2-4,7-9H,5-6H2,1H3,(H,16,18). The molecule has 1 aromatic carbocycles. The highest BCUT2D eigenvalue weighted by Gasteiger charge is 2.21. The van der Waals surface area contributed by atoms with Gasteiger partial charge in [0.15, 0.2) is 0 Å². The van der Waals surface area contributed by atoms with Crippen LogP contribution in [0.4, 0.5) is 5.69 Å². The summed E-state index contributed by atoms with van der Waals surface area (Å²) >= 11 is 1.46. The molecule has 0 bridgehead atoms. The molecule has 1 aromatic heterocycles. The summed E-state index contributed by atoms with van der Waals surface area (Å²) < 4.78 is 5.55. The van der Waals surface area contributed by atoms with Crippen LogP contribution in [-0.2, 0) is 0 Å². The summed E-state index contributed by atoms with van der Waals surface area (Å²) in [7, 11) is 1.73. The number of carbonyl (C=O) groups excluding carboxylic acids is 2. The zero-order valence-corrected chi connectivity index (χ0v) is 12.3. The summed E-state index contributed by atoms with van der Waals surface area (Å²) in [6, 6.07) is 6.87. The lowest BCUT2D eigenvalue weighted by Gasteiger charge is -2.13. The Balaban J connectivity index is 1.87. The summed E-state index contributed by atoms with van der Waals surface area (Å²) in [6.07, 6.45) is 0. The summed E-state index contributed by atoms with van der Waals surface area (Å²) in [4.78, 5) is 25.9. The van der Waals surface area contributed by atoms with E-state index < -0.39 is 0 Å². The Hall–Kier alpha value is -2.34. The van der Waals surface area contributed by atoms with Crippen LogP contribution in [-0.4, -0.2) is 36.9 Å². The first-order chi connectivity index (χ1) is 10.1. The van der Waals surface area contributed by atoms with Gasteiger partial charge < -0.3 is 15.0 Å². The Kier molecular flexibility index (Phi) is 3.62. The van der Waals surface area contributed by atoms with Crippen molar-refractivity contribution in [1.82, 2.24) is 4.90 Å². The second-order valence-electron chi connectivity index (χ2n) is 4.75. The third-order valence-electron chi connectivity index (χ3n) is 3.28. The van der Waals surface area contributed by atoms with Crippen LogP contribution in [0.3, 0.4) is 0 Å². The molecule has 3 rings (SSSR count). The van der Waals surface area contributed by atoms with E-state index in [-0.39, 0.29) is 11.8 Å². The van der Waals surface area contributed by atoms with E-state index in [0.717, 1.165) is 0 Å². The summed E-state index contributed by atoms with van der Waals surface area (Å²) in [5, 5.41) is 6.42. The SMILES string of the molecule is CN1CCOc2ccc(NC(=O)c3ccsc3)cc2C1=O. The number of likely N-dealkylation sites (N-methyl/N-ethyl adjacent to an activating group) is 1. The molecule has 1 aliphatic rings. The van der Waals surface area contributed by atoms with Gasteiger partial charge in [0.25, 0.3) is 11.8 Å². The van der Waals surface area contributed by atoms with Crippen LogP contribution >= 0.6 is 11.3 Å². The fourth-order valence-corrected chi connectivity index (χ4v) is 2.73. The van der Waals surface area contributed by atoms with E-state index in [1.807, 2.05) is 5.38 Å². The zero-order chi connectivity index (χ0) is 14.8. The number of rotatable bonds is 2. The molecule has 2 heterocycles. The highest BCUT2D eigenvalue weighted by Crippen LogP contribution is 2.26. The van der Waals surface area contributed by atoms with Gasteiger partial charge in [-0.15, -0.1) is 0 Å². The predicted octanol–water partition coefficient (Wildman–Crippen LogP) is 2.46. The topological polar surface area (TPSA) is 58.6 Å². The quantitative estimate of drug-likeness (QED) is 0.927. The van der Waals surface area contributed by atoms with Crippen molar-refractivity contribution in [2.75, 3.05) is 25.5 Å². The molecule has 6 heteroatoms. The van der Waals surface area contributed by atoms with E-state index in [0.29, 0.717) is 35.7 Å². The van der Waals surface area contributed by atoms with Crippen molar-refractivity contribution < 1.29 is 14.3 Å². The molecule has 0 atom stereocenters. The number of nitrogens with one attached hydrogen (secondary N) is 1. The van der Waals surface area contributed by atoms with Crippen LogP contribution in [0.25, 0.3) is 0 Å². The number of ether oxygens (including phenoxy) is 1. The molecular weight excluding hydrogens is 288 g/mol. The molecule has 0 radical (unpaired) electrons. The molecule has 2 aromatic rings. The summed E-state index contributed by atoms with van der Waals surface area (Å²) in [5.41, 5.74) is 1.66. The first-order valence-corrected chi connectivity index (χ1v) is 7.45. The molecule has 0 saturated heterocycles. The number of amides is 2. The number of hydrogen-bond donors (Lipinski definition) is 1. The third kappa shape index (κ3) is 2.75. The van der Waals surface area contributed by atoms with Crippen molar-refractivity contribution in [2.45, 2.75) is 0 Å². The van der Waals surface area contributed by atoms with Crippen LogP contribution in [0.2, 0.25) is 0 Å². The highest BCUT2D eigenvalue weighted by atomic mass is 32.1. The van der Waals surface area contributed by atoms with E-state index in [4.69, 9.17) is 4.74 Å². The van der Waals surface area contributed by atoms with Crippen molar-refractivity contribution >= 4 is 28.8 Å². The van der Waals surface area contributed by atoms with Crippen LogP contribution in [0.1, 0.15) is 20.7 Å². The van der Waals surface area contributed by atoms with Crippen LogP contribution in [0.15, 0.2) is 35.0 Å². The molecule has 1 aliphatic heterocycles. The van der Waals surface area contributed by atoms with Gasteiger partial charge in [-0.05, 0) is 29.6 Å². The molecule has 0 fully saturated rings. The summed E-state index contributed by atoms with van der Waals surface area (Å²) in [6.45, 7) is 1.01. The normalized spacial score (nSPS) is 14.1. The van der Waals surface area contributed by atoms with Crippen molar-refractivity contribution in [3.8, 4) is 5.75 Å². The molecular formula is C15H14N2O3S. The minimum Gasteiger partial charge on any atom is -0.491 e. The van der Waals surface area contributed by atoms with Gasteiger partial charge in [-0.25, -0.2) is 0 Å². The Morgan fingerprint density at radius 2 is 2.24 bits per heavy atom. The third-order valence-corrected chi connectivity index (χ3v) is 3.97. The number of nitrogens with zero attached hydrogens (tertiary/aromatic N) is 1. The predicted molar refractivity (Wildman–Crippen MR) is 81.2 cm³/mol. The minimum absolute atomic E-state index is 0.103. The number of fused-ring (bicyclic) bond motifs is 1. The first kappa shape index (κ1) is 13.6. The van der Waals surface area contributed by atoms with Crippen molar-refractivity contribution in [1.29, 1.82) is 0 Å². The monoisotopic (exact) mass is 302 g/mol. The molecule has 0 saturated carbocycles. The van der Waals surface area contributed by atoms with Gasteiger partial charge in [0.1, 0.15) is 12.4 Å². The maximum absolute atomic E-state index is 12.2. The lowest BCUT2D eigenvalue weighted by atomic mass is 10.1. The molecule has 0 unspecified atom stereocenters. The minimum atomic E-state index is -0.188. The maximum atomic E-state index is 12.2. The molecule has 5 nitrogen and oxygen atoms in total. The average Bonchev–Trinajstić information content (AvgIpc) is 2.97. The molecule has 1 N–H and O–H groups in total. The van der Waals surface area contributed by atoms with Gasteiger partial charge in [0.2, 0.25) is 0 Å². The van der Waals surface area contributed by atoms with E-state index in [9.17, 15) is 9.59 Å². The van der Waals surface area contributed by atoms with E-state index in [1.165, 1.54) is 11.3 Å². The van der Waals surface area contributed by atoms with Gasteiger partial charge in [-0.1, -0.05) is 0 Å². The molecule has 108 valence electrons. The Labute approximate surface area is 126 Å². The van der Waals surface area contributed by atoms with Gasteiger partial charge >= 0.3 is 0 Å². The van der Waals surface area contributed by atoms with Gasteiger partial charge in [0, 0.05) is 18.1 Å². The van der Waals surface area contributed by atoms with E-state index in [2.05, 4.69) is 5.32 Å². The molecule has 0 spiro atoms.